The molecule has 120 valence electrons. The molecular weight excluding hydrogens is 312 g/mol. The summed E-state index contributed by atoms with van der Waals surface area (Å²) in [6.45, 7) is 2.95. The first kappa shape index (κ1) is 15.5. The number of nitrogens with one attached hydrogen (secondary N) is 1. The monoisotopic (exact) mass is 330 g/mol. The van der Waals surface area contributed by atoms with Crippen LogP contribution in [-0.2, 0) is 0 Å². The van der Waals surface area contributed by atoms with E-state index < -0.39 is 0 Å². The Morgan fingerprint density at radius 1 is 1.04 bits per heavy atom. The van der Waals surface area contributed by atoms with Gasteiger partial charge >= 0.3 is 6.03 Å². The van der Waals surface area contributed by atoms with Crippen LogP contribution >= 0.6 is 11.6 Å². The van der Waals surface area contributed by atoms with E-state index in [2.05, 4.69) is 10.2 Å². The number of carbonyl (C=O) groups is 1. The van der Waals surface area contributed by atoms with Crippen molar-refractivity contribution in [3.63, 3.8) is 0 Å². The summed E-state index contributed by atoms with van der Waals surface area (Å²) in [5.74, 6) is 0. The van der Waals surface area contributed by atoms with Crippen molar-refractivity contribution < 1.29 is 4.79 Å². The SMILES string of the molecule is Nc1ccc(N2CCN(C(=O)Nc3cccc(Cl)c3)CC2)cc1. The number of nitrogen functional groups attached to an aromatic ring is 1. The second-order valence-corrected chi connectivity index (χ2v) is 5.94. The molecule has 0 unspecified atom stereocenters. The van der Waals surface area contributed by atoms with Crippen LogP contribution in [-0.4, -0.2) is 37.1 Å². The van der Waals surface area contributed by atoms with Crippen molar-refractivity contribution in [2.24, 2.45) is 0 Å². The molecule has 5 nitrogen and oxygen atoms in total. The van der Waals surface area contributed by atoms with E-state index in [1.165, 1.54) is 0 Å². The molecule has 1 aliphatic rings. The molecule has 1 fully saturated rings. The van der Waals surface area contributed by atoms with Gasteiger partial charge in [0, 0.05) is 48.3 Å². The average Bonchev–Trinajstić information content (AvgIpc) is 2.56. The number of carbonyl (C=O) groups excluding carboxylic acids is 1. The zero-order chi connectivity index (χ0) is 16.2. The van der Waals surface area contributed by atoms with Crippen molar-refractivity contribution in [1.82, 2.24) is 4.90 Å². The van der Waals surface area contributed by atoms with Gasteiger partial charge in [0.25, 0.3) is 0 Å². The van der Waals surface area contributed by atoms with Gasteiger partial charge in [0.05, 0.1) is 0 Å². The molecule has 0 aliphatic carbocycles. The third-order valence-corrected chi connectivity index (χ3v) is 4.14. The molecule has 3 N–H and O–H groups in total. The van der Waals surface area contributed by atoms with Crippen LogP contribution in [0, 0.1) is 0 Å². The van der Waals surface area contributed by atoms with Crippen LogP contribution < -0.4 is 16.0 Å². The molecular formula is C17H19ClN4O. The largest absolute Gasteiger partial charge is 0.399 e. The third-order valence-electron chi connectivity index (χ3n) is 3.90. The first-order chi connectivity index (χ1) is 11.1. The molecule has 1 saturated heterocycles. The highest BCUT2D eigenvalue weighted by molar-refractivity contribution is 6.30. The second kappa shape index (κ2) is 6.79. The lowest BCUT2D eigenvalue weighted by molar-refractivity contribution is 0.208. The summed E-state index contributed by atoms with van der Waals surface area (Å²) in [7, 11) is 0. The Morgan fingerprint density at radius 3 is 2.39 bits per heavy atom. The molecule has 1 heterocycles. The first-order valence-corrected chi connectivity index (χ1v) is 7.91. The Balaban J connectivity index is 1.56. The van der Waals surface area contributed by atoms with Crippen LogP contribution in [0.1, 0.15) is 0 Å². The molecule has 0 bridgehead atoms. The molecule has 0 saturated carbocycles. The Kier molecular flexibility index (Phi) is 4.57. The van der Waals surface area contributed by atoms with Gasteiger partial charge in [-0.2, -0.15) is 0 Å². The fraction of sp³-hybridized carbons (Fsp3) is 0.235. The van der Waals surface area contributed by atoms with Gasteiger partial charge in [-0.05, 0) is 42.5 Å². The summed E-state index contributed by atoms with van der Waals surface area (Å²) in [4.78, 5) is 16.4. The number of nitrogens with two attached hydrogens (primary N) is 1. The van der Waals surface area contributed by atoms with Crippen molar-refractivity contribution in [3.05, 3.63) is 53.6 Å². The minimum atomic E-state index is -0.0933. The van der Waals surface area contributed by atoms with Gasteiger partial charge in [0.2, 0.25) is 0 Å². The maximum absolute atomic E-state index is 12.3. The maximum Gasteiger partial charge on any atom is 0.321 e. The minimum absolute atomic E-state index is 0.0933. The molecule has 2 aromatic carbocycles. The van der Waals surface area contributed by atoms with E-state index in [0.717, 1.165) is 24.5 Å². The Labute approximate surface area is 140 Å². The zero-order valence-electron chi connectivity index (χ0n) is 12.7. The fourth-order valence-corrected chi connectivity index (χ4v) is 2.81. The van der Waals surface area contributed by atoms with Gasteiger partial charge in [-0.3, -0.25) is 0 Å². The van der Waals surface area contributed by atoms with Gasteiger partial charge in [-0.15, -0.1) is 0 Å². The predicted octanol–water partition coefficient (Wildman–Crippen LogP) is 3.28. The first-order valence-electron chi connectivity index (χ1n) is 7.54. The molecule has 23 heavy (non-hydrogen) atoms. The highest BCUT2D eigenvalue weighted by Crippen LogP contribution is 2.19. The van der Waals surface area contributed by atoms with E-state index in [9.17, 15) is 4.79 Å². The lowest BCUT2D eigenvalue weighted by Crippen LogP contribution is -2.50. The minimum Gasteiger partial charge on any atom is -0.399 e. The number of nitrogens with zero attached hydrogens (tertiary/aromatic N) is 2. The number of amides is 2. The normalized spacial score (nSPS) is 14.7. The van der Waals surface area contributed by atoms with Crippen molar-refractivity contribution in [3.8, 4) is 0 Å². The van der Waals surface area contributed by atoms with Crippen molar-refractivity contribution in [1.29, 1.82) is 0 Å². The number of anilines is 3. The molecule has 1 aliphatic heterocycles. The third kappa shape index (κ3) is 3.87. The second-order valence-electron chi connectivity index (χ2n) is 5.51. The van der Waals surface area contributed by atoms with Crippen LogP contribution in [0.15, 0.2) is 48.5 Å². The number of hydrogen-bond donors (Lipinski definition) is 2. The highest BCUT2D eigenvalue weighted by atomic mass is 35.5. The highest BCUT2D eigenvalue weighted by Gasteiger charge is 2.21. The van der Waals surface area contributed by atoms with Gasteiger partial charge in [0.1, 0.15) is 0 Å². The van der Waals surface area contributed by atoms with Crippen molar-refractivity contribution in [2.45, 2.75) is 0 Å². The van der Waals surface area contributed by atoms with E-state index in [0.29, 0.717) is 23.8 Å². The van der Waals surface area contributed by atoms with E-state index in [4.69, 9.17) is 17.3 Å². The van der Waals surface area contributed by atoms with Gasteiger partial charge in [-0.1, -0.05) is 17.7 Å². The Morgan fingerprint density at radius 2 is 1.74 bits per heavy atom. The van der Waals surface area contributed by atoms with Crippen LogP contribution in [0.25, 0.3) is 0 Å². The summed E-state index contributed by atoms with van der Waals surface area (Å²) in [6.07, 6.45) is 0. The van der Waals surface area contributed by atoms with Crippen LogP contribution in [0.4, 0.5) is 21.9 Å². The molecule has 0 atom stereocenters. The number of rotatable bonds is 2. The van der Waals surface area contributed by atoms with Crippen LogP contribution in [0.3, 0.4) is 0 Å². The molecule has 3 rings (SSSR count). The van der Waals surface area contributed by atoms with Crippen LogP contribution in [0.5, 0.6) is 0 Å². The topological polar surface area (TPSA) is 61.6 Å². The van der Waals surface area contributed by atoms with E-state index in [1.807, 2.05) is 41.3 Å². The molecule has 6 heteroatoms. The zero-order valence-corrected chi connectivity index (χ0v) is 13.5. The van der Waals surface area contributed by atoms with E-state index in [1.54, 1.807) is 12.1 Å². The molecule has 0 aromatic heterocycles. The number of halogens is 1. The standard InChI is InChI=1S/C17H19ClN4O/c18-13-2-1-3-15(12-13)20-17(23)22-10-8-21(9-11-22)16-6-4-14(19)5-7-16/h1-7,12H,8-11,19H2,(H,20,23). The number of benzene rings is 2. The Hall–Kier alpha value is -2.40. The number of hydrogen-bond acceptors (Lipinski definition) is 3. The quantitative estimate of drug-likeness (QED) is 0.831. The van der Waals surface area contributed by atoms with E-state index >= 15 is 0 Å². The summed E-state index contributed by atoms with van der Waals surface area (Å²) >= 11 is 5.93. The lowest BCUT2D eigenvalue weighted by Gasteiger charge is -2.36. The van der Waals surface area contributed by atoms with Crippen molar-refractivity contribution >= 4 is 34.7 Å². The van der Waals surface area contributed by atoms with Gasteiger partial charge in [-0.25, -0.2) is 4.79 Å². The molecule has 0 spiro atoms. The predicted molar refractivity (Wildman–Crippen MR) is 95.1 cm³/mol. The molecule has 2 amide bonds. The maximum atomic E-state index is 12.3. The molecule has 0 radical (unpaired) electrons. The smallest absolute Gasteiger partial charge is 0.321 e. The summed E-state index contributed by atoms with van der Waals surface area (Å²) in [5.41, 5.74) is 8.32. The van der Waals surface area contributed by atoms with Gasteiger partial charge in [0.15, 0.2) is 0 Å². The number of piperazine rings is 1. The van der Waals surface area contributed by atoms with Crippen LogP contribution in [0.2, 0.25) is 5.02 Å². The summed E-state index contributed by atoms with van der Waals surface area (Å²) in [6, 6.07) is 14.9. The summed E-state index contributed by atoms with van der Waals surface area (Å²) < 4.78 is 0. The molecule has 2 aromatic rings. The van der Waals surface area contributed by atoms with Gasteiger partial charge < -0.3 is 20.9 Å². The lowest BCUT2D eigenvalue weighted by atomic mass is 10.2. The van der Waals surface area contributed by atoms with E-state index in [-0.39, 0.29) is 6.03 Å². The summed E-state index contributed by atoms with van der Waals surface area (Å²) in [5, 5.41) is 3.49. The average molecular weight is 331 g/mol. The fourth-order valence-electron chi connectivity index (χ4n) is 2.62. The van der Waals surface area contributed by atoms with Crippen molar-refractivity contribution in [2.75, 3.05) is 42.1 Å². The Bertz CT molecular complexity index is 681. The number of urea groups is 1.